The molecule has 0 aliphatic carbocycles. The van der Waals surface area contributed by atoms with Crippen molar-refractivity contribution in [2.24, 2.45) is 7.05 Å². The van der Waals surface area contributed by atoms with Crippen LogP contribution < -0.4 is 5.46 Å². The summed E-state index contributed by atoms with van der Waals surface area (Å²) in [5.41, 5.74) is 0.928. The van der Waals surface area contributed by atoms with Crippen molar-refractivity contribution in [1.29, 1.82) is 0 Å². The standard InChI is InChI=1S/C6H11BN2O2/c1-9-5-6(4-8-9)7(10-2)11-3/h4-5H,1-3H3. The van der Waals surface area contributed by atoms with E-state index < -0.39 is 0 Å². The van der Waals surface area contributed by atoms with Gasteiger partial charge in [-0.2, -0.15) is 5.10 Å². The molecular formula is C6H11BN2O2. The van der Waals surface area contributed by atoms with E-state index in [4.69, 9.17) is 9.31 Å². The molecule has 0 atom stereocenters. The first-order chi connectivity index (χ1) is 5.27. The van der Waals surface area contributed by atoms with Crippen LogP contribution in [0.15, 0.2) is 12.4 Å². The Morgan fingerprint density at radius 3 is 2.45 bits per heavy atom. The van der Waals surface area contributed by atoms with Crippen molar-refractivity contribution < 1.29 is 9.31 Å². The molecule has 1 aromatic heterocycles. The Balaban J connectivity index is 2.73. The fraction of sp³-hybridized carbons (Fsp3) is 0.500. The van der Waals surface area contributed by atoms with Crippen molar-refractivity contribution in [1.82, 2.24) is 9.78 Å². The molecule has 5 heteroatoms. The predicted molar refractivity (Wildman–Crippen MR) is 42.6 cm³/mol. The van der Waals surface area contributed by atoms with Crippen LogP contribution in [0, 0.1) is 0 Å². The van der Waals surface area contributed by atoms with E-state index in [-0.39, 0.29) is 7.12 Å². The zero-order valence-corrected chi connectivity index (χ0v) is 6.94. The second kappa shape index (κ2) is 3.55. The summed E-state index contributed by atoms with van der Waals surface area (Å²) in [6, 6.07) is 0. The third-order valence-electron chi connectivity index (χ3n) is 1.43. The van der Waals surface area contributed by atoms with Gasteiger partial charge in [-0.1, -0.05) is 0 Å². The molecule has 0 N–H and O–H groups in total. The second-order valence-corrected chi connectivity index (χ2v) is 2.25. The molecule has 0 bridgehead atoms. The first kappa shape index (κ1) is 8.29. The summed E-state index contributed by atoms with van der Waals surface area (Å²) in [4.78, 5) is 0. The van der Waals surface area contributed by atoms with Crippen LogP contribution in [0.3, 0.4) is 0 Å². The van der Waals surface area contributed by atoms with Gasteiger partial charge in [-0.3, -0.25) is 4.68 Å². The van der Waals surface area contributed by atoms with Crippen molar-refractivity contribution in [3.05, 3.63) is 12.4 Å². The molecule has 1 heterocycles. The van der Waals surface area contributed by atoms with Crippen LogP contribution in [-0.2, 0) is 16.4 Å². The first-order valence-electron chi connectivity index (χ1n) is 3.32. The molecule has 0 saturated heterocycles. The highest BCUT2D eigenvalue weighted by Crippen LogP contribution is 1.86. The van der Waals surface area contributed by atoms with Gasteiger partial charge in [-0.25, -0.2) is 0 Å². The maximum absolute atomic E-state index is 5.02. The van der Waals surface area contributed by atoms with Gasteiger partial charge in [-0.15, -0.1) is 0 Å². The predicted octanol–water partition coefficient (Wildman–Crippen LogP) is -0.592. The number of hydrogen-bond acceptors (Lipinski definition) is 3. The maximum atomic E-state index is 5.02. The van der Waals surface area contributed by atoms with Crippen molar-refractivity contribution in [3.63, 3.8) is 0 Å². The first-order valence-corrected chi connectivity index (χ1v) is 3.32. The Labute approximate surface area is 66.3 Å². The Hall–Kier alpha value is -0.805. The number of hydrogen-bond donors (Lipinski definition) is 0. The highest BCUT2D eigenvalue weighted by Gasteiger charge is 2.18. The molecule has 0 unspecified atom stereocenters. The van der Waals surface area contributed by atoms with Gasteiger partial charge in [0.05, 0.1) is 0 Å². The van der Waals surface area contributed by atoms with Gasteiger partial charge in [0.25, 0.3) is 0 Å². The van der Waals surface area contributed by atoms with Gasteiger partial charge in [-0.05, 0) is 0 Å². The number of rotatable bonds is 3. The second-order valence-electron chi connectivity index (χ2n) is 2.25. The van der Waals surface area contributed by atoms with Crippen LogP contribution in [-0.4, -0.2) is 31.1 Å². The summed E-state index contributed by atoms with van der Waals surface area (Å²) < 4.78 is 11.8. The smallest absolute Gasteiger partial charge is 0.410 e. The summed E-state index contributed by atoms with van der Waals surface area (Å²) >= 11 is 0. The molecule has 60 valence electrons. The zero-order chi connectivity index (χ0) is 8.27. The molecule has 0 aromatic carbocycles. The molecule has 0 aliphatic rings. The average Bonchev–Trinajstić information content (AvgIpc) is 2.39. The minimum Gasteiger partial charge on any atom is -0.410 e. The largest absolute Gasteiger partial charge is 0.496 e. The molecule has 0 amide bonds. The topological polar surface area (TPSA) is 36.3 Å². The van der Waals surface area contributed by atoms with Crippen molar-refractivity contribution in [3.8, 4) is 0 Å². The molecule has 11 heavy (non-hydrogen) atoms. The molecule has 0 aliphatic heterocycles. The van der Waals surface area contributed by atoms with E-state index in [9.17, 15) is 0 Å². The fourth-order valence-corrected chi connectivity index (χ4v) is 0.930. The zero-order valence-electron chi connectivity index (χ0n) is 6.94. The molecule has 0 radical (unpaired) electrons. The van der Waals surface area contributed by atoms with E-state index in [1.54, 1.807) is 25.1 Å². The summed E-state index contributed by atoms with van der Waals surface area (Å²) in [6.07, 6.45) is 3.58. The number of nitrogens with zero attached hydrogens (tertiary/aromatic N) is 2. The summed E-state index contributed by atoms with van der Waals surface area (Å²) in [7, 11) is 4.75. The lowest BCUT2D eigenvalue weighted by Crippen LogP contribution is -2.33. The van der Waals surface area contributed by atoms with Gasteiger partial charge in [0.2, 0.25) is 0 Å². The van der Waals surface area contributed by atoms with Crippen molar-refractivity contribution in [2.75, 3.05) is 14.2 Å². The minimum atomic E-state index is -0.302. The van der Waals surface area contributed by atoms with Crippen LogP contribution in [0.5, 0.6) is 0 Å². The lowest BCUT2D eigenvalue weighted by atomic mass is 9.82. The monoisotopic (exact) mass is 154 g/mol. The van der Waals surface area contributed by atoms with E-state index in [1.807, 2.05) is 13.2 Å². The van der Waals surface area contributed by atoms with E-state index in [0.29, 0.717) is 0 Å². The van der Waals surface area contributed by atoms with Gasteiger partial charge < -0.3 is 9.31 Å². The Kier molecular flexibility index (Phi) is 2.67. The van der Waals surface area contributed by atoms with E-state index in [1.165, 1.54) is 0 Å². The molecule has 0 spiro atoms. The third-order valence-corrected chi connectivity index (χ3v) is 1.43. The highest BCUT2D eigenvalue weighted by molar-refractivity contribution is 6.61. The van der Waals surface area contributed by atoms with Crippen LogP contribution in [0.2, 0.25) is 0 Å². The number of aryl methyl sites for hydroxylation is 1. The molecule has 0 saturated carbocycles. The molecule has 4 nitrogen and oxygen atoms in total. The Morgan fingerprint density at radius 1 is 1.45 bits per heavy atom. The van der Waals surface area contributed by atoms with Gasteiger partial charge in [0.15, 0.2) is 0 Å². The number of aromatic nitrogens is 2. The van der Waals surface area contributed by atoms with Gasteiger partial charge >= 0.3 is 7.12 Å². The molecular weight excluding hydrogens is 143 g/mol. The van der Waals surface area contributed by atoms with Crippen molar-refractivity contribution >= 4 is 12.6 Å². The lowest BCUT2D eigenvalue weighted by Gasteiger charge is -2.03. The normalized spacial score (nSPS) is 10.1. The van der Waals surface area contributed by atoms with E-state index in [0.717, 1.165) is 5.46 Å². The summed E-state index contributed by atoms with van der Waals surface area (Å²) in [5.74, 6) is 0. The Morgan fingerprint density at radius 2 is 2.09 bits per heavy atom. The van der Waals surface area contributed by atoms with Gasteiger partial charge in [0.1, 0.15) is 0 Å². The van der Waals surface area contributed by atoms with E-state index in [2.05, 4.69) is 5.10 Å². The van der Waals surface area contributed by atoms with Crippen LogP contribution in [0.4, 0.5) is 0 Å². The maximum Gasteiger partial charge on any atom is 0.496 e. The highest BCUT2D eigenvalue weighted by atomic mass is 16.6. The molecule has 0 fully saturated rings. The van der Waals surface area contributed by atoms with Crippen LogP contribution in [0.25, 0.3) is 0 Å². The lowest BCUT2D eigenvalue weighted by molar-refractivity contribution is 0.292. The third kappa shape index (κ3) is 1.81. The fourth-order valence-electron chi connectivity index (χ4n) is 0.930. The Bertz CT molecular complexity index is 222. The van der Waals surface area contributed by atoms with Crippen molar-refractivity contribution in [2.45, 2.75) is 0 Å². The quantitative estimate of drug-likeness (QED) is 0.546. The average molecular weight is 154 g/mol. The SMILES string of the molecule is COB(OC)c1cnn(C)c1. The van der Waals surface area contributed by atoms with Crippen LogP contribution in [0.1, 0.15) is 0 Å². The van der Waals surface area contributed by atoms with Gasteiger partial charge in [0, 0.05) is 39.1 Å². The minimum absolute atomic E-state index is 0.302. The summed E-state index contributed by atoms with van der Waals surface area (Å²) in [6.45, 7) is 0. The molecule has 1 aromatic rings. The van der Waals surface area contributed by atoms with Crippen LogP contribution >= 0.6 is 0 Å². The molecule has 1 rings (SSSR count). The summed E-state index contributed by atoms with van der Waals surface area (Å²) in [5, 5.41) is 3.99. The van der Waals surface area contributed by atoms with E-state index >= 15 is 0 Å².